The predicted molar refractivity (Wildman–Crippen MR) is 70.2 cm³/mol. The summed E-state index contributed by atoms with van der Waals surface area (Å²) in [7, 11) is 0. The minimum Gasteiger partial charge on any atom is -0.369 e. The van der Waals surface area contributed by atoms with Crippen molar-refractivity contribution in [1.82, 2.24) is 19.7 Å². The molecule has 0 bridgehead atoms. The zero-order valence-electron chi connectivity index (χ0n) is 9.72. The number of hydrogen-bond donors (Lipinski definition) is 1. The van der Waals surface area contributed by atoms with E-state index < -0.39 is 5.82 Å². The minimum atomic E-state index is -0.515. The molecule has 2 N–H and O–H groups in total. The van der Waals surface area contributed by atoms with Crippen LogP contribution in [0, 0.1) is 5.82 Å². The van der Waals surface area contributed by atoms with E-state index in [4.69, 9.17) is 17.3 Å². The lowest BCUT2D eigenvalue weighted by Crippen LogP contribution is -2.06. The summed E-state index contributed by atoms with van der Waals surface area (Å²) in [5, 5.41) is 7.81. The van der Waals surface area contributed by atoms with Gasteiger partial charge in [-0.2, -0.15) is 10.2 Å². The molecule has 0 aliphatic heterocycles. The smallest absolute Gasteiger partial charge is 0.201 e. The standard InChI is InChI=1S/C12H9ClFN5/c13-8-4-11-10(5-9(8)14)17-12(15)19(11)6-7-2-1-3-16-18-7/h1-5H,6H2,(H2,15,17). The fourth-order valence-electron chi connectivity index (χ4n) is 1.88. The van der Waals surface area contributed by atoms with Crippen LogP contribution in [0.15, 0.2) is 30.5 Å². The second-order valence-electron chi connectivity index (χ2n) is 4.03. The van der Waals surface area contributed by atoms with Gasteiger partial charge in [0.25, 0.3) is 0 Å². The maximum absolute atomic E-state index is 13.4. The van der Waals surface area contributed by atoms with Crippen molar-refractivity contribution in [2.45, 2.75) is 6.54 Å². The molecular weight excluding hydrogens is 269 g/mol. The molecule has 0 aliphatic carbocycles. The van der Waals surface area contributed by atoms with Crippen molar-refractivity contribution >= 4 is 28.6 Å². The van der Waals surface area contributed by atoms with Crippen molar-refractivity contribution < 1.29 is 4.39 Å². The Balaban J connectivity index is 2.13. The highest BCUT2D eigenvalue weighted by atomic mass is 35.5. The normalized spacial score (nSPS) is 11.1. The molecule has 0 atom stereocenters. The molecule has 2 heterocycles. The summed E-state index contributed by atoms with van der Waals surface area (Å²) in [4.78, 5) is 4.11. The van der Waals surface area contributed by atoms with Gasteiger partial charge in [0.15, 0.2) is 0 Å². The van der Waals surface area contributed by atoms with Gasteiger partial charge in [-0.3, -0.25) is 0 Å². The monoisotopic (exact) mass is 277 g/mol. The van der Waals surface area contributed by atoms with Gasteiger partial charge in [0.1, 0.15) is 5.82 Å². The minimum absolute atomic E-state index is 0.0350. The molecule has 2 aromatic heterocycles. The third kappa shape index (κ3) is 2.10. The molecule has 0 aliphatic rings. The predicted octanol–water partition coefficient (Wildman–Crippen LogP) is 2.25. The van der Waals surface area contributed by atoms with Crippen molar-refractivity contribution in [3.05, 3.63) is 47.0 Å². The Bertz CT molecular complexity index is 741. The Kier molecular flexibility index (Phi) is 2.79. The van der Waals surface area contributed by atoms with Crippen molar-refractivity contribution in [2.24, 2.45) is 0 Å². The molecule has 0 radical (unpaired) electrons. The number of imidazole rings is 1. The molecule has 1 aromatic carbocycles. The molecule has 0 saturated carbocycles. The topological polar surface area (TPSA) is 69.6 Å². The molecule has 0 spiro atoms. The first-order valence-electron chi connectivity index (χ1n) is 5.52. The first-order valence-corrected chi connectivity index (χ1v) is 5.90. The first-order chi connectivity index (χ1) is 9.15. The molecule has 96 valence electrons. The van der Waals surface area contributed by atoms with Gasteiger partial charge in [0.2, 0.25) is 5.95 Å². The Hall–Kier alpha value is -2.21. The molecule has 7 heteroatoms. The average Bonchev–Trinajstić information content (AvgIpc) is 2.68. The van der Waals surface area contributed by atoms with E-state index in [9.17, 15) is 4.39 Å². The number of nitrogen functional groups attached to an aromatic ring is 1. The van der Waals surface area contributed by atoms with Crippen LogP contribution >= 0.6 is 11.6 Å². The van der Waals surface area contributed by atoms with E-state index in [1.807, 2.05) is 6.07 Å². The molecule has 5 nitrogen and oxygen atoms in total. The van der Waals surface area contributed by atoms with Crippen LogP contribution in [-0.2, 0) is 6.54 Å². The van der Waals surface area contributed by atoms with Crippen molar-refractivity contribution in [3.63, 3.8) is 0 Å². The molecule has 0 unspecified atom stereocenters. The average molecular weight is 278 g/mol. The number of nitrogens with two attached hydrogens (primary N) is 1. The first kappa shape index (κ1) is 11.9. The number of fused-ring (bicyclic) bond motifs is 1. The number of anilines is 1. The van der Waals surface area contributed by atoms with Crippen LogP contribution in [0.25, 0.3) is 11.0 Å². The van der Waals surface area contributed by atoms with E-state index in [-0.39, 0.29) is 11.0 Å². The molecule has 3 rings (SSSR count). The summed E-state index contributed by atoms with van der Waals surface area (Å²) in [5.41, 5.74) is 7.69. The Morgan fingerprint density at radius 1 is 1.37 bits per heavy atom. The van der Waals surface area contributed by atoms with Crippen LogP contribution in [0.2, 0.25) is 5.02 Å². The SMILES string of the molecule is Nc1nc2cc(F)c(Cl)cc2n1Cc1cccnn1. The van der Waals surface area contributed by atoms with E-state index in [0.29, 0.717) is 17.6 Å². The van der Waals surface area contributed by atoms with Crippen LogP contribution in [0.3, 0.4) is 0 Å². The van der Waals surface area contributed by atoms with Gasteiger partial charge in [-0.25, -0.2) is 9.37 Å². The Morgan fingerprint density at radius 2 is 2.21 bits per heavy atom. The van der Waals surface area contributed by atoms with Gasteiger partial charge in [-0.05, 0) is 18.2 Å². The van der Waals surface area contributed by atoms with Gasteiger partial charge in [-0.15, -0.1) is 0 Å². The summed E-state index contributed by atoms with van der Waals surface area (Å²) >= 11 is 5.79. The van der Waals surface area contributed by atoms with Crippen LogP contribution in [-0.4, -0.2) is 19.7 Å². The number of halogens is 2. The summed E-state index contributed by atoms with van der Waals surface area (Å²) < 4.78 is 15.1. The second-order valence-corrected chi connectivity index (χ2v) is 4.43. The van der Waals surface area contributed by atoms with E-state index >= 15 is 0 Å². The highest BCUT2D eigenvalue weighted by Crippen LogP contribution is 2.25. The number of rotatable bonds is 2. The van der Waals surface area contributed by atoms with Crippen LogP contribution in [0.1, 0.15) is 5.69 Å². The van der Waals surface area contributed by atoms with Crippen LogP contribution in [0.4, 0.5) is 10.3 Å². The fraction of sp³-hybridized carbons (Fsp3) is 0.0833. The summed E-state index contributed by atoms with van der Waals surface area (Å²) in [6.07, 6.45) is 1.59. The van der Waals surface area contributed by atoms with Crippen molar-refractivity contribution in [1.29, 1.82) is 0 Å². The second kappa shape index (κ2) is 4.47. The number of aromatic nitrogens is 4. The molecule has 0 saturated heterocycles. The third-order valence-corrected chi connectivity index (χ3v) is 3.06. The lowest BCUT2D eigenvalue weighted by atomic mass is 10.3. The fourth-order valence-corrected chi connectivity index (χ4v) is 2.04. The quantitative estimate of drug-likeness (QED) is 0.780. The maximum Gasteiger partial charge on any atom is 0.201 e. The zero-order valence-corrected chi connectivity index (χ0v) is 10.5. The number of nitrogens with zero attached hydrogens (tertiary/aromatic N) is 4. The van der Waals surface area contributed by atoms with Crippen molar-refractivity contribution in [2.75, 3.05) is 5.73 Å². The van der Waals surface area contributed by atoms with Gasteiger partial charge in [0, 0.05) is 12.3 Å². The van der Waals surface area contributed by atoms with Gasteiger partial charge in [-0.1, -0.05) is 11.6 Å². The summed E-state index contributed by atoms with van der Waals surface area (Å²) in [6.45, 7) is 0.401. The molecule has 0 fully saturated rings. The Morgan fingerprint density at radius 3 is 2.95 bits per heavy atom. The van der Waals surface area contributed by atoms with E-state index in [0.717, 1.165) is 5.69 Å². The maximum atomic E-state index is 13.4. The van der Waals surface area contributed by atoms with E-state index in [1.165, 1.54) is 12.1 Å². The lowest BCUT2D eigenvalue weighted by Gasteiger charge is -2.05. The molecule has 0 amide bonds. The van der Waals surface area contributed by atoms with Crippen LogP contribution in [0.5, 0.6) is 0 Å². The molecule has 3 aromatic rings. The molecule has 19 heavy (non-hydrogen) atoms. The molecular formula is C12H9ClFN5. The highest BCUT2D eigenvalue weighted by molar-refractivity contribution is 6.31. The summed E-state index contributed by atoms with van der Waals surface area (Å²) in [6, 6.07) is 6.38. The van der Waals surface area contributed by atoms with E-state index in [1.54, 1.807) is 16.8 Å². The van der Waals surface area contributed by atoms with E-state index in [2.05, 4.69) is 15.2 Å². The number of hydrogen-bond acceptors (Lipinski definition) is 4. The summed E-state index contributed by atoms with van der Waals surface area (Å²) in [5.74, 6) is -0.236. The largest absolute Gasteiger partial charge is 0.369 e. The highest BCUT2D eigenvalue weighted by Gasteiger charge is 2.12. The van der Waals surface area contributed by atoms with Gasteiger partial charge < -0.3 is 10.3 Å². The lowest BCUT2D eigenvalue weighted by molar-refractivity contribution is 0.629. The van der Waals surface area contributed by atoms with Gasteiger partial charge in [0.05, 0.1) is 28.3 Å². The zero-order chi connectivity index (χ0) is 13.4. The van der Waals surface area contributed by atoms with Crippen LogP contribution < -0.4 is 5.73 Å². The Labute approximate surface area is 112 Å². The van der Waals surface area contributed by atoms with Gasteiger partial charge >= 0.3 is 0 Å². The number of benzene rings is 1. The van der Waals surface area contributed by atoms with Crippen molar-refractivity contribution in [3.8, 4) is 0 Å². The third-order valence-electron chi connectivity index (χ3n) is 2.77.